The summed E-state index contributed by atoms with van der Waals surface area (Å²) in [7, 11) is 0. The number of aliphatic hydroxyl groups excluding tert-OH is 2. The number of carbonyl (C=O) groups is 1. The van der Waals surface area contributed by atoms with Gasteiger partial charge in [0.1, 0.15) is 0 Å². The third-order valence-corrected chi connectivity index (χ3v) is 2.13. The number of hydrogen-bond donors (Lipinski definition) is 2. The molecule has 0 spiro atoms. The Morgan fingerprint density at radius 2 is 2.33 bits per heavy atom. The van der Waals surface area contributed by atoms with E-state index in [0.717, 1.165) is 0 Å². The van der Waals surface area contributed by atoms with E-state index in [9.17, 15) is 9.90 Å². The maximum atomic E-state index is 11.0. The van der Waals surface area contributed by atoms with Crippen LogP contribution in [0.3, 0.4) is 0 Å². The molecule has 0 aromatic heterocycles. The summed E-state index contributed by atoms with van der Waals surface area (Å²) in [5, 5.41) is 18.1. The quantitative estimate of drug-likeness (QED) is 0.523. The first kappa shape index (κ1) is 9.22. The van der Waals surface area contributed by atoms with Crippen LogP contribution in [0.1, 0.15) is 0 Å². The van der Waals surface area contributed by atoms with Crippen LogP contribution in [0.5, 0.6) is 0 Å². The molecule has 1 amide bonds. The molecular formula is C8H13NO3. The van der Waals surface area contributed by atoms with Crippen LogP contribution < -0.4 is 0 Å². The first-order valence-electron chi connectivity index (χ1n) is 3.89. The number of carbonyl (C=O) groups excluding carboxylic acids is 1. The number of aliphatic hydroxyl groups is 2. The average Bonchev–Trinajstić information content (AvgIpc) is 2.45. The molecule has 0 aromatic carbocycles. The van der Waals surface area contributed by atoms with Crippen LogP contribution in [0.15, 0.2) is 12.7 Å². The molecule has 1 rings (SSSR count). The van der Waals surface area contributed by atoms with Crippen molar-refractivity contribution in [3.63, 3.8) is 0 Å². The predicted octanol–water partition coefficient (Wildman–Crippen LogP) is -1.02. The third-order valence-electron chi connectivity index (χ3n) is 2.13. The second-order valence-electron chi connectivity index (χ2n) is 2.96. The number of hydrogen-bond acceptors (Lipinski definition) is 3. The molecule has 1 saturated heterocycles. The second kappa shape index (κ2) is 3.69. The Kier molecular flexibility index (Phi) is 2.83. The molecule has 1 heterocycles. The molecule has 2 atom stereocenters. The minimum Gasteiger partial charge on any atom is -0.396 e. The summed E-state index contributed by atoms with van der Waals surface area (Å²) < 4.78 is 0. The largest absolute Gasteiger partial charge is 0.396 e. The zero-order valence-corrected chi connectivity index (χ0v) is 6.81. The SMILES string of the molecule is C=CC(=O)N1CC(O)C(CO)C1. The molecular weight excluding hydrogens is 158 g/mol. The van der Waals surface area contributed by atoms with Crippen LogP contribution in [-0.4, -0.2) is 46.8 Å². The van der Waals surface area contributed by atoms with Crippen LogP contribution in [0, 0.1) is 5.92 Å². The monoisotopic (exact) mass is 171 g/mol. The van der Waals surface area contributed by atoms with Crippen LogP contribution in [0.4, 0.5) is 0 Å². The van der Waals surface area contributed by atoms with Crippen molar-refractivity contribution in [3.8, 4) is 0 Å². The van der Waals surface area contributed by atoms with Gasteiger partial charge in [0, 0.05) is 19.0 Å². The molecule has 12 heavy (non-hydrogen) atoms. The van der Waals surface area contributed by atoms with Gasteiger partial charge >= 0.3 is 0 Å². The number of rotatable bonds is 2. The fraction of sp³-hybridized carbons (Fsp3) is 0.625. The van der Waals surface area contributed by atoms with Crippen LogP contribution in [-0.2, 0) is 4.79 Å². The Morgan fingerprint density at radius 1 is 1.67 bits per heavy atom. The smallest absolute Gasteiger partial charge is 0.246 e. The molecule has 1 aliphatic heterocycles. The molecule has 0 aromatic rings. The fourth-order valence-corrected chi connectivity index (χ4v) is 1.34. The Bertz CT molecular complexity index is 193. The normalized spacial score (nSPS) is 29.0. The van der Waals surface area contributed by atoms with E-state index in [2.05, 4.69) is 6.58 Å². The van der Waals surface area contributed by atoms with E-state index in [1.807, 2.05) is 0 Å². The summed E-state index contributed by atoms with van der Waals surface area (Å²) in [6.45, 7) is 3.99. The molecule has 68 valence electrons. The summed E-state index contributed by atoms with van der Waals surface area (Å²) in [6, 6.07) is 0. The van der Waals surface area contributed by atoms with Gasteiger partial charge in [0.05, 0.1) is 12.7 Å². The Labute approximate surface area is 71.1 Å². The third kappa shape index (κ3) is 1.65. The van der Waals surface area contributed by atoms with Gasteiger partial charge in [-0.15, -0.1) is 0 Å². The van der Waals surface area contributed by atoms with E-state index in [1.54, 1.807) is 0 Å². The molecule has 2 N–H and O–H groups in total. The minimum atomic E-state index is -0.598. The van der Waals surface area contributed by atoms with E-state index in [4.69, 9.17) is 5.11 Å². The number of nitrogens with zero attached hydrogens (tertiary/aromatic N) is 1. The standard InChI is InChI=1S/C8H13NO3/c1-2-8(12)9-3-6(5-10)7(11)4-9/h2,6-7,10-11H,1,3-5H2. The lowest BCUT2D eigenvalue weighted by molar-refractivity contribution is -0.125. The van der Waals surface area contributed by atoms with Gasteiger partial charge in [-0.1, -0.05) is 6.58 Å². The second-order valence-corrected chi connectivity index (χ2v) is 2.96. The molecule has 0 saturated carbocycles. The van der Waals surface area contributed by atoms with Crippen molar-refractivity contribution in [1.29, 1.82) is 0 Å². The first-order chi connectivity index (χ1) is 5.69. The summed E-state index contributed by atoms with van der Waals surface area (Å²) in [4.78, 5) is 12.5. The van der Waals surface area contributed by atoms with E-state index in [1.165, 1.54) is 11.0 Å². The zero-order valence-electron chi connectivity index (χ0n) is 6.81. The summed E-state index contributed by atoms with van der Waals surface area (Å²) in [6.07, 6.45) is 0.617. The highest BCUT2D eigenvalue weighted by atomic mass is 16.3. The minimum absolute atomic E-state index is 0.0813. The van der Waals surface area contributed by atoms with Gasteiger partial charge < -0.3 is 15.1 Å². The highest BCUT2D eigenvalue weighted by Crippen LogP contribution is 2.16. The Hall–Kier alpha value is -0.870. The predicted molar refractivity (Wildman–Crippen MR) is 43.4 cm³/mol. The highest BCUT2D eigenvalue weighted by molar-refractivity contribution is 5.87. The van der Waals surface area contributed by atoms with Gasteiger partial charge in [0.15, 0.2) is 0 Å². The van der Waals surface area contributed by atoms with E-state index < -0.39 is 6.10 Å². The highest BCUT2D eigenvalue weighted by Gasteiger charge is 2.32. The van der Waals surface area contributed by atoms with Gasteiger partial charge in [-0.3, -0.25) is 4.79 Å². The Balaban J connectivity index is 2.53. The molecule has 0 radical (unpaired) electrons. The fourth-order valence-electron chi connectivity index (χ4n) is 1.34. The number of amides is 1. The summed E-state index contributed by atoms with van der Waals surface area (Å²) in [5.74, 6) is -0.390. The molecule has 1 fully saturated rings. The number of likely N-dealkylation sites (tertiary alicyclic amines) is 1. The van der Waals surface area contributed by atoms with Crippen molar-refractivity contribution in [2.75, 3.05) is 19.7 Å². The van der Waals surface area contributed by atoms with Crippen molar-refractivity contribution in [3.05, 3.63) is 12.7 Å². The molecule has 0 bridgehead atoms. The van der Waals surface area contributed by atoms with E-state index in [0.29, 0.717) is 13.1 Å². The van der Waals surface area contributed by atoms with Crippen molar-refractivity contribution in [2.45, 2.75) is 6.10 Å². The molecule has 4 nitrogen and oxygen atoms in total. The first-order valence-corrected chi connectivity index (χ1v) is 3.89. The summed E-state index contributed by atoms with van der Waals surface area (Å²) >= 11 is 0. The zero-order chi connectivity index (χ0) is 9.14. The molecule has 2 unspecified atom stereocenters. The number of β-amino-alcohol motifs (C(OH)–C–C–N with tert-alkyl or cyclic N) is 1. The van der Waals surface area contributed by atoms with Gasteiger partial charge in [0.25, 0.3) is 0 Å². The van der Waals surface area contributed by atoms with Crippen molar-refractivity contribution >= 4 is 5.91 Å². The van der Waals surface area contributed by atoms with Crippen LogP contribution >= 0.6 is 0 Å². The van der Waals surface area contributed by atoms with E-state index >= 15 is 0 Å². The topological polar surface area (TPSA) is 60.8 Å². The van der Waals surface area contributed by atoms with Crippen molar-refractivity contribution in [1.82, 2.24) is 4.90 Å². The van der Waals surface area contributed by atoms with Gasteiger partial charge in [-0.05, 0) is 6.08 Å². The van der Waals surface area contributed by atoms with Crippen molar-refractivity contribution in [2.24, 2.45) is 5.92 Å². The maximum Gasteiger partial charge on any atom is 0.246 e. The molecule has 0 aliphatic carbocycles. The van der Waals surface area contributed by atoms with Crippen LogP contribution in [0.2, 0.25) is 0 Å². The van der Waals surface area contributed by atoms with Gasteiger partial charge in [-0.25, -0.2) is 0 Å². The summed E-state index contributed by atoms with van der Waals surface area (Å²) in [5.41, 5.74) is 0. The van der Waals surface area contributed by atoms with Crippen LogP contribution in [0.25, 0.3) is 0 Å². The lowest BCUT2D eigenvalue weighted by Crippen LogP contribution is -2.27. The molecule has 1 aliphatic rings. The van der Waals surface area contributed by atoms with Gasteiger partial charge in [-0.2, -0.15) is 0 Å². The van der Waals surface area contributed by atoms with Crippen molar-refractivity contribution < 1.29 is 15.0 Å². The van der Waals surface area contributed by atoms with E-state index in [-0.39, 0.29) is 18.4 Å². The Morgan fingerprint density at radius 3 is 2.75 bits per heavy atom. The molecule has 4 heteroatoms. The average molecular weight is 171 g/mol. The van der Waals surface area contributed by atoms with Gasteiger partial charge in [0.2, 0.25) is 5.91 Å². The maximum absolute atomic E-state index is 11.0. The lowest BCUT2D eigenvalue weighted by atomic mass is 10.1. The lowest BCUT2D eigenvalue weighted by Gasteiger charge is -2.12.